The van der Waals surface area contributed by atoms with Crippen molar-refractivity contribution in [2.24, 2.45) is 0 Å². The van der Waals surface area contributed by atoms with E-state index in [2.05, 4.69) is 21.5 Å². The Morgan fingerprint density at radius 3 is 1.40 bits per heavy atom. The third-order valence-corrected chi connectivity index (χ3v) is 6.74. The number of aromatic nitrogens is 3. The molecular weight excluding hydrogens is 742 g/mol. The summed E-state index contributed by atoms with van der Waals surface area (Å²) in [6.45, 7) is 18.1. The Morgan fingerprint density at radius 2 is 0.947 bits per heavy atom. The zero-order chi connectivity index (χ0) is 42.3. The van der Waals surface area contributed by atoms with Crippen LogP contribution < -0.4 is 18.9 Å². The lowest BCUT2D eigenvalue weighted by Crippen LogP contribution is -2.26. The fourth-order valence-electron chi connectivity index (χ4n) is 4.61. The van der Waals surface area contributed by atoms with Crippen molar-refractivity contribution in [1.82, 2.24) is 15.0 Å². The van der Waals surface area contributed by atoms with E-state index in [9.17, 15) is 28.8 Å². The van der Waals surface area contributed by atoms with Crippen LogP contribution in [0.15, 0.2) is 67.3 Å². The highest BCUT2D eigenvalue weighted by molar-refractivity contribution is 5.89. The lowest BCUT2D eigenvalue weighted by atomic mass is 10.1. The van der Waals surface area contributed by atoms with Crippen molar-refractivity contribution in [2.75, 3.05) is 0 Å². The average molecular weight is 784 g/mol. The molecule has 0 radical (unpaired) electrons. The molecule has 0 amide bonds. The molecule has 0 aliphatic heterocycles. The first kappa shape index (κ1) is 42.8. The molecule has 3 aromatic carbocycles. The van der Waals surface area contributed by atoms with E-state index < -0.39 is 41.2 Å². The number of carbonyl (C=O) groups excluding carboxylic acids is 6. The summed E-state index contributed by atoms with van der Waals surface area (Å²) in [6, 6.07) is 12.2. The first-order valence-corrected chi connectivity index (χ1v) is 17.2. The highest BCUT2D eigenvalue weighted by Gasteiger charge is 2.26. The summed E-state index contributed by atoms with van der Waals surface area (Å²) in [4.78, 5) is 88.4. The van der Waals surface area contributed by atoms with Gasteiger partial charge in [0.15, 0.2) is 23.8 Å². The minimum absolute atomic E-state index is 0.0136. The molecular formula is C41H41N3O13. The summed E-state index contributed by atoms with van der Waals surface area (Å²) < 4.78 is 37.7. The zero-order valence-corrected chi connectivity index (χ0v) is 32.8. The van der Waals surface area contributed by atoms with E-state index in [1.54, 1.807) is 62.3 Å². The molecule has 57 heavy (non-hydrogen) atoms. The van der Waals surface area contributed by atoms with Gasteiger partial charge in [-0.3, -0.25) is 9.59 Å². The Labute approximate surface area is 328 Å². The first-order valence-electron chi connectivity index (χ1n) is 17.2. The van der Waals surface area contributed by atoms with Crippen molar-refractivity contribution in [3.63, 3.8) is 0 Å². The van der Waals surface area contributed by atoms with Crippen LogP contribution in [0.2, 0.25) is 0 Å². The fourth-order valence-corrected chi connectivity index (χ4v) is 4.61. The van der Waals surface area contributed by atoms with Crippen molar-refractivity contribution in [3.8, 4) is 57.2 Å². The second-order valence-electron chi connectivity index (χ2n) is 15.0. The predicted octanol–water partition coefficient (Wildman–Crippen LogP) is 8.53. The van der Waals surface area contributed by atoms with Gasteiger partial charge in [-0.05, 0) is 105 Å². The minimum atomic E-state index is -1.13. The summed E-state index contributed by atoms with van der Waals surface area (Å²) in [5.74, 6) is -1.70. The van der Waals surface area contributed by atoms with Gasteiger partial charge in [0, 0.05) is 28.8 Å². The summed E-state index contributed by atoms with van der Waals surface area (Å²) in [5, 5.41) is 0. The molecule has 298 valence electrons. The molecule has 0 saturated carbocycles. The van der Waals surface area contributed by atoms with E-state index in [1.807, 2.05) is 0 Å². The van der Waals surface area contributed by atoms with Crippen molar-refractivity contribution in [2.45, 2.75) is 79.1 Å². The number of carbonyl (C=O) groups is 6. The Bertz CT molecular complexity index is 2230. The number of hydrogen-bond acceptors (Lipinski definition) is 16. The zero-order valence-electron chi connectivity index (χ0n) is 32.8. The molecule has 0 fully saturated rings. The molecule has 0 bridgehead atoms. The maximum Gasteiger partial charge on any atom is 0.514 e. The SMILES string of the molecule is C=CC(=O)Oc1ccc(-c2nc(-c3ccc(C=O)cc3OC(=O)OC(C)(C)C)nc(-c3ccc(OC(=O)OC(C)(C)C)cc3OC(=O)OC(C)(C)C)n2)c(C=O)c1. The van der Waals surface area contributed by atoms with E-state index in [0.717, 1.165) is 6.08 Å². The molecule has 0 spiro atoms. The molecule has 4 aromatic rings. The van der Waals surface area contributed by atoms with Crippen LogP contribution in [-0.4, -0.2) is 68.8 Å². The number of esters is 1. The number of nitrogens with zero attached hydrogens (tertiary/aromatic N) is 3. The van der Waals surface area contributed by atoms with E-state index in [-0.39, 0.29) is 68.3 Å². The van der Waals surface area contributed by atoms with Crippen LogP contribution in [-0.2, 0) is 19.0 Å². The molecule has 4 rings (SSSR count). The second-order valence-corrected chi connectivity index (χ2v) is 15.0. The smallest absolute Gasteiger partial charge is 0.428 e. The molecule has 0 aliphatic rings. The van der Waals surface area contributed by atoms with Crippen LogP contribution >= 0.6 is 0 Å². The molecule has 16 nitrogen and oxygen atoms in total. The number of benzene rings is 3. The van der Waals surface area contributed by atoms with E-state index in [0.29, 0.717) is 12.6 Å². The normalized spacial score (nSPS) is 11.4. The van der Waals surface area contributed by atoms with Gasteiger partial charge in [0.2, 0.25) is 0 Å². The lowest BCUT2D eigenvalue weighted by molar-refractivity contribution is -0.129. The van der Waals surface area contributed by atoms with Crippen LogP contribution in [0, 0.1) is 0 Å². The first-order chi connectivity index (χ1) is 26.6. The van der Waals surface area contributed by atoms with Crippen LogP contribution in [0.4, 0.5) is 14.4 Å². The number of ether oxygens (including phenoxy) is 7. The van der Waals surface area contributed by atoms with Crippen molar-refractivity contribution in [1.29, 1.82) is 0 Å². The predicted molar refractivity (Wildman–Crippen MR) is 203 cm³/mol. The molecule has 0 aliphatic carbocycles. The highest BCUT2D eigenvalue weighted by atomic mass is 16.7. The summed E-state index contributed by atoms with van der Waals surface area (Å²) in [5.41, 5.74) is -2.43. The van der Waals surface area contributed by atoms with Gasteiger partial charge >= 0.3 is 24.4 Å². The second kappa shape index (κ2) is 17.2. The van der Waals surface area contributed by atoms with Gasteiger partial charge < -0.3 is 33.2 Å². The molecule has 1 aromatic heterocycles. The van der Waals surface area contributed by atoms with Gasteiger partial charge in [0.1, 0.15) is 46.1 Å². The van der Waals surface area contributed by atoms with Gasteiger partial charge in [-0.2, -0.15) is 0 Å². The standard InChI is InChI=1S/C41H41N3O13/c1-11-32(47)51-25-13-16-27(24(19-25)22-46)33-42-34(28-15-12-23(21-45)18-30(28)53-37(49)56-40(5,6)7)44-35(43-33)29-17-14-26(52-36(48)55-39(2,3)4)20-31(29)54-38(50)57-41(8,9)10/h11-22H,1H2,2-10H3. The van der Waals surface area contributed by atoms with Crippen LogP contribution in [0.1, 0.15) is 83.0 Å². The third kappa shape index (κ3) is 12.5. The van der Waals surface area contributed by atoms with Crippen LogP contribution in [0.3, 0.4) is 0 Å². The average Bonchev–Trinajstić information content (AvgIpc) is 3.08. The molecule has 0 saturated heterocycles. The Balaban J connectivity index is 2.00. The molecule has 0 N–H and O–H groups in total. The molecule has 0 unspecified atom stereocenters. The Morgan fingerprint density at radius 1 is 0.526 bits per heavy atom. The largest absolute Gasteiger partial charge is 0.514 e. The number of hydrogen-bond donors (Lipinski definition) is 0. The lowest BCUT2D eigenvalue weighted by Gasteiger charge is -2.20. The van der Waals surface area contributed by atoms with E-state index >= 15 is 0 Å². The van der Waals surface area contributed by atoms with Gasteiger partial charge in [0.05, 0.1) is 11.1 Å². The maximum atomic E-state index is 13.0. The van der Waals surface area contributed by atoms with Gasteiger partial charge in [-0.15, -0.1) is 0 Å². The van der Waals surface area contributed by atoms with E-state index in [4.69, 9.17) is 33.2 Å². The number of rotatable bonds is 10. The van der Waals surface area contributed by atoms with Crippen molar-refractivity contribution < 1.29 is 61.9 Å². The van der Waals surface area contributed by atoms with Crippen LogP contribution in [0.25, 0.3) is 34.2 Å². The maximum absolute atomic E-state index is 13.0. The monoisotopic (exact) mass is 783 g/mol. The van der Waals surface area contributed by atoms with Crippen LogP contribution in [0.5, 0.6) is 23.0 Å². The Kier molecular flexibility index (Phi) is 12.9. The molecule has 1 heterocycles. The topological polar surface area (TPSA) is 206 Å². The van der Waals surface area contributed by atoms with Crippen molar-refractivity contribution >= 4 is 37.0 Å². The van der Waals surface area contributed by atoms with Crippen molar-refractivity contribution in [3.05, 3.63) is 78.4 Å². The molecule has 16 heteroatoms. The Hall–Kier alpha value is -6.97. The summed E-state index contributed by atoms with van der Waals surface area (Å²) in [6.07, 6.45) is -1.29. The number of aldehydes is 2. The summed E-state index contributed by atoms with van der Waals surface area (Å²) >= 11 is 0. The van der Waals surface area contributed by atoms with Gasteiger partial charge in [-0.1, -0.05) is 12.6 Å². The third-order valence-electron chi connectivity index (χ3n) is 6.74. The quantitative estimate of drug-likeness (QED) is 0.0369. The summed E-state index contributed by atoms with van der Waals surface area (Å²) in [7, 11) is 0. The van der Waals surface area contributed by atoms with Gasteiger partial charge in [-0.25, -0.2) is 34.1 Å². The minimum Gasteiger partial charge on any atom is -0.428 e. The van der Waals surface area contributed by atoms with Gasteiger partial charge in [0.25, 0.3) is 0 Å². The highest BCUT2D eigenvalue weighted by Crippen LogP contribution is 2.37. The molecule has 0 atom stereocenters. The fraction of sp³-hybridized carbons (Fsp3) is 0.293. The van der Waals surface area contributed by atoms with E-state index in [1.165, 1.54) is 54.6 Å².